The van der Waals surface area contributed by atoms with Crippen LogP contribution in [0.15, 0.2) is 27.2 Å². The van der Waals surface area contributed by atoms with Crippen molar-refractivity contribution in [1.82, 2.24) is 10.2 Å². The lowest BCUT2D eigenvalue weighted by molar-refractivity contribution is -0.117. The molecule has 1 aliphatic rings. The van der Waals surface area contributed by atoms with Crippen molar-refractivity contribution in [3.05, 3.63) is 18.4 Å². The fourth-order valence-corrected chi connectivity index (χ4v) is 2.54. The van der Waals surface area contributed by atoms with Crippen molar-refractivity contribution in [2.75, 3.05) is 11.4 Å². The monoisotopic (exact) mass is 301 g/mol. The second-order valence-corrected chi connectivity index (χ2v) is 5.79. The molecule has 3 rings (SSSR count). The van der Waals surface area contributed by atoms with Crippen molar-refractivity contribution < 1.29 is 25.9 Å². The molecule has 20 heavy (non-hydrogen) atoms. The summed E-state index contributed by atoms with van der Waals surface area (Å²) in [5.41, 5.74) is 0. The van der Waals surface area contributed by atoms with Gasteiger partial charge in [0, 0.05) is 6.42 Å². The number of rotatable bonds is 3. The van der Waals surface area contributed by atoms with Crippen LogP contribution in [0.4, 0.5) is 9.90 Å². The number of furan rings is 1. The minimum Gasteiger partial charge on any atom is -0.459 e. The summed E-state index contributed by atoms with van der Waals surface area (Å²) in [5.74, 6) is -0.236. The standard InChI is InChI=1S/C10H8FN3O5S/c11-20(16,17)6-4-8(15)14(5-6)10-13-12-9(19-10)7-2-1-3-18-7/h1-3,6H,4-5H2. The molecule has 0 aliphatic carbocycles. The summed E-state index contributed by atoms with van der Waals surface area (Å²) in [6, 6.07) is 3.01. The van der Waals surface area contributed by atoms with Gasteiger partial charge in [-0.05, 0) is 12.1 Å². The van der Waals surface area contributed by atoms with Gasteiger partial charge >= 0.3 is 16.2 Å². The van der Waals surface area contributed by atoms with E-state index >= 15 is 0 Å². The van der Waals surface area contributed by atoms with Crippen molar-refractivity contribution in [2.24, 2.45) is 0 Å². The van der Waals surface area contributed by atoms with Gasteiger partial charge in [0.1, 0.15) is 5.25 Å². The highest BCUT2D eigenvalue weighted by atomic mass is 32.3. The van der Waals surface area contributed by atoms with Crippen molar-refractivity contribution in [2.45, 2.75) is 11.7 Å². The van der Waals surface area contributed by atoms with Gasteiger partial charge in [-0.3, -0.25) is 9.69 Å². The quantitative estimate of drug-likeness (QED) is 0.769. The highest BCUT2D eigenvalue weighted by Crippen LogP contribution is 2.27. The number of hydrogen-bond acceptors (Lipinski definition) is 7. The van der Waals surface area contributed by atoms with Crippen LogP contribution in [0.1, 0.15) is 6.42 Å². The Labute approximate surface area is 112 Å². The van der Waals surface area contributed by atoms with Gasteiger partial charge < -0.3 is 8.83 Å². The van der Waals surface area contributed by atoms with Crippen molar-refractivity contribution in [3.8, 4) is 11.7 Å². The van der Waals surface area contributed by atoms with Gasteiger partial charge in [-0.2, -0.15) is 8.42 Å². The fraction of sp³-hybridized carbons (Fsp3) is 0.300. The highest BCUT2D eigenvalue weighted by molar-refractivity contribution is 7.87. The van der Waals surface area contributed by atoms with E-state index in [4.69, 9.17) is 8.83 Å². The lowest BCUT2D eigenvalue weighted by Crippen LogP contribution is -2.27. The maximum absolute atomic E-state index is 12.9. The minimum absolute atomic E-state index is 0.0457. The van der Waals surface area contributed by atoms with E-state index in [2.05, 4.69) is 10.2 Å². The number of aromatic nitrogens is 2. The number of amides is 1. The first-order valence-corrected chi connectivity index (χ1v) is 7.01. The van der Waals surface area contributed by atoms with Gasteiger partial charge in [-0.1, -0.05) is 5.10 Å². The van der Waals surface area contributed by atoms with Gasteiger partial charge in [0.25, 0.3) is 5.89 Å². The van der Waals surface area contributed by atoms with Crippen molar-refractivity contribution in [1.29, 1.82) is 0 Å². The smallest absolute Gasteiger partial charge is 0.325 e. The van der Waals surface area contributed by atoms with E-state index in [0.717, 1.165) is 4.90 Å². The van der Waals surface area contributed by atoms with Crippen LogP contribution in [-0.4, -0.2) is 36.3 Å². The van der Waals surface area contributed by atoms with Gasteiger partial charge in [-0.25, -0.2) is 0 Å². The van der Waals surface area contributed by atoms with E-state index in [1.54, 1.807) is 12.1 Å². The molecule has 1 amide bonds. The molecule has 1 fully saturated rings. The van der Waals surface area contributed by atoms with E-state index in [1.165, 1.54) is 6.26 Å². The van der Waals surface area contributed by atoms with Gasteiger partial charge in [-0.15, -0.1) is 8.98 Å². The van der Waals surface area contributed by atoms with Crippen molar-refractivity contribution in [3.63, 3.8) is 0 Å². The number of carbonyl (C=O) groups is 1. The van der Waals surface area contributed by atoms with E-state index in [-0.39, 0.29) is 18.5 Å². The summed E-state index contributed by atoms with van der Waals surface area (Å²) in [7, 11) is -4.78. The number of carbonyl (C=O) groups excluding carboxylic acids is 1. The third-order valence-corrected chi connectivity index (χ3v) is 3.98. The summed E-state index contributed by atoms with van der Waals surface area (Å²) in [6.07, 6.45) is 0.962. The molecule has 1 atom stereocenters. The Balaban J connectivity index is 1.86. The zero-order valence-corrected chi connectivity index (χ0v) is 10.7. The molecule has 0 saturated carbocycles. The van der Waals surface area contributed by atoms with Crippen LogP contribution >= 0.6 is 0 Å². The molecule has 1 saturated heterocycles. The lowest BCUT2D eigenvalue weighted by Gasteiger charge is -2.08. The second-order valence-electron chi connectivity index (χ2n) is 4.17. The van der Waals surface area contributed by atoms with Crippen LogP contribution in [0.5, 0.6) is 0 Å². The largest absolute Gasteiger partial charge is 0.459 e. The third-order valence-electron chi connectivity index (χ3n) is 2.86. The first kappa shape index (κ1) is 12.8. The van der Waals surface area contributed by atoms with E-state index in [0.29, 0.717) is 5.76 Å². The first-order chi connectivity index (χ1) is 9.45. The van der Waals surface area contributed by atoms with Crippen LogP contribution in [-0.2, 0) is 15.0 Å². The minimum atomic E-state index is -4.78. The molecule has 0 radical (unpaired) electrons. The van der Waals surface area contributed by atoms with Crippen LogP contribution in [0, 0.1) is 0 Å². The summed E-state index contributed by atoms with van der Waals surface area (Å²) in [4.78, 5) is 12.6. The molecule has 0 spiro atoms. The Morgan fingerprint density at radius 3 is 2.80 bits per heavy atom. The molecular weight excluding hydrogens is 293 g/mol. The Morgan fingerprint density at radius 1 is 1.40 bits per heavy atom. The molecule has 0 aromatic carbocycles. The molecule has 0 bridgehead atoms. The SMILES string of the molecule is O=C1CC(S(=O)(=O)F)CN1c1nnc(-c2ccco2)o1. The average Bonchev–Trinajstić information content (AvgIpc) is 3.06. The van der Waals surface area contributed by atoms with Crippen LogP contribution in [0.3, 0.4) is 0 Å². The number of hydrogen-bond donors (Lipinski definition) is 0. The molecule has 0 N–H and O–H groups in total. The maximum atomic E-state index is 12.9. The molecule has 1 unspecified atom stereocenters. The number of halogens is 1. The predicted molar refractivity (Wildman–Crippen MR) is 62.8 cm³/mol. The molecule has 3 heterocycles. The Morgan fingerprint density at radius 2 is 2.20 bits per heavy atom. The second kappa shape index (κ2) is 4.40. The molecule has 10 heteroatoms. The third kappa shape index (κ3) is 2.18. The van der Waals surface area contributed by atoms with Gasteiger partial charge in [0.15, 0.2) is 5.76 Å². The lowest BCUT2D eigenvalue weighted by atomic mass is 10.4. The Hall–Kier alpha value is -2.23. The summed E-state index contributed by atoms with van der Waals surface area (Å²) < 4.78 is 44.8. The number of anilines is 1. The average molecular weight is 301 g/mol. The Bertz CT molecular complexity index is 739. The molecule has 8 nitrogen and oxygen atoms in total. The zero-order valence-electron chi connectivity index (χ0n) is 9.89. The van der Waals surface area contributed by atoms with E-state index in [9.17, 15) is 17.1 Å². The molecule has 1 aliphatic heterocycles. The molecule has 2 aromatic heterocycles. The summed E-state index contributed by atoms with van der Waals surface area (Å²) in [5, 5.41) is 5.90. The Kier molecular flexibility index (Phi) is 2.82. The summed E-state index contributed by atoms with van der Waals surface area (Å²) in [6.45, 7) is -0.350. The normalized spacial score (nSPS) is 19.8. The van der Waals surface area contributed by atoms with E-state index < -0.39 is 27.8 Å². The highest BCUT2D eigenvalue weighted by Gasteiger charge is 2.41. The molecular formula is C10H8FN3O5S. The van der Waals surface area contributed by atoms with Crippen LogP contribution in [0.25, 0.3) is 11.7 Å². The zero-order chi connectivity index (χ0) is 14.3. The van der Waals surface area contributed by atoms with Crippen molar-refractivity contribution >= 4 is 22.1 Å². The number of nitrogens with zero attached hydrogens (tertiary/aromatic N) is 3. The van der Waals surface area contributed by atoms with Crippen LogP contribution < -0.4 is 4.90 Å². The van der Waals surface area contributed by atoms with Crippen LogP contribution in [0.2, 0.25) is 0 Å². The maximum Gasteiger partial charge on any atom is 0.325 e. The summed E-state index contributed by atoms with van der Waals surface area (Å²) >= 11 is 0. The first-order valence-electron chi connectivity index (χ1n) is 5.56. The fourth-order valence-electron chi connectivity index (χ4n) is 1.87. The predicted octanol–water partition coefficient (Wildman–Crippen LogP) is 0.734. The van der Waals surface area contributed by atoms with Gasteiger partial charge in [0.05, 0.1) is 12.8 Å². The topological polar surface area (TPSA) is 107 Å². The van der Waals surface area contributed by atoms with E-state index in [1.807, 2.05) is 0 Å². The van der Waals surface area contributed by atoms with Gasteiger partial charge in [0.2, 0.25) is 5.91 Å². The molecule has 2 aromatic rings. The molecule has 106 valence electrons.